The fourth-order valence-corrected chi connectivity index (χ4v) is 16.6. The van der Waals surface area contributed by atoms with Gasteiger partial charge in [0.25, 0.3) is 0 Å². The molecule has 0 aliphatic heterocycles. The van der Waals surface area contributed by atoms with E-state index in [1.807, 2.05) is 0 Å². The number of phenols is 2. The van der Waals surface area contributed by atoms with Crippen molar-refractivity contribution in [3.05, 3.63) is 377 Å². The Kier molecular flexibility index (Phi) is 30.8. The van der Waals surface area contributed by atoms with Crippen LogP contribution in [0.1, 0.15) is 182 Å². The van der Waals surface area contributed by atoms with Crippen molar-refractivity contribution in [3.63, 3.8) is 0 Å². The van der Waals surface area contributed by atoms with Crippen LogP contribution in [0.5, 0.6) is 17.2 Å². The molecule has 2 N–H and O–H groups in total. The highest BCUT2D eigenvalue weighted by molar-refractivity contribution is 9.09. The number of alkyl halides is 2. The van der Waals surface area contributed by atoms with Crippen LogP contribution in [0.2, 0.25) is 0 Å². The molecule has 1 aliphatic rings. The Morgan fingerprint density at radius 1 is 0.487 bits per heavy atom. The van der Waals surface area contributed by atoms with Gasteiger partial charge < -0.3 is 39.3 Å². The van der Waals surface area contributed by atoms with Gasteiger partial charge in [0.05, 0.1) is 19.3 Å². The van der Waals surface area contributed by atoms with Crippen LogP contribution >= 0.6 is 31.9 Å². The number of benzene rings is 10. The number of unbranched alkanes of at least 4 members (excludes halogenated alkanes) is 2. The van der Waals surface area contributed by atoms with Crippen molar-refractivity contribution in [2.24, 2.45) is 0 Å². The summed E-state index contributed by atoms with van der Waals surface area (Å²) in [4.78, 5) is 10.0. The smallest absolute Gasteiger partial charge is 0.126 e. The van der Waals surface area contributed by atoms with Crippen molar-refractivity contribution in [3.8, 4) is 17.2 Å². The molecule has 0 spiro atoms. The summed E-state index contributed by atoms with van der Waals surface area (Å²) in [5.41, 5.74) is 29.7. The molecule has 11 rings (SSSR count). The quantitative estimate of drug-likeness (QED) is 0.0171. The van der Waals surface area contributed by atoms with E-state index < -0.39 is 0 Å². The number of hydrogen-bond donors (Lipinski definition) is 2. The second kappa shape index (κ2) is 41.3. The summed E-state index contributed by atoms with van der Waals surface area (Å²) in [5, 5.41) is 28.7. The standard InChI is InChI=1S/C103H118Br2N4O4/c1-13-86-58-97(106(65-82-31-19-15-20-32-82)66-83-33-21-16-22-34-83)60-92(101(86)110)56-94-63-98(108(68-85-37-25-18-26-38-85)70-88-44-40-73(4)52-77(88)8)64-95(103(94)113-50-30-28-48-105)57-93-62-99(109(71-89-45-41-74(5)53-78(89)9)80(11)100-46-42-75(6)54-79(100)10)61-91(102(93)111)55-90(81(12)112-49-29-27-47-104)59-96(14-2)107(67-84-35-23-17-24-36-84)69-87-43-39-72(3)51-76(87)7/h14-21,23-26,31-33,35-46,51-54,58-64,80,110-111H,12-13,22,27-30,34,47-50,55-57,65-71H2,1-11H3/b90-59-,96-14+. The van der Waals surface area contributed by atoms with Crippen LogP contribution in [-0.4, -0.2) is 45.5 Å². The third-order valence-corrected chi connectivity index (χ3v) is 23.4. The van der Waals surface area contributed by atoms with E-state index in [0.29, 0.717) is 89.7 Å². The third-order valence-electron chi connectivity index (χ3n) is 22.3. The van der Waals surface area contributed by atoms with Crippen molar-refractivity contribution >= 4 is 48.9 Å². The third kappa shape index (κ3) is 23.3. The molecule has 10 aromatic carbocycles. The van der Waals surface area contributed by atoms with Gasteiger partial charge in [-0.05, 0) is 223 Å². The molecule has 0 fully saturated rings. The minimum absolute atomic E-state index is 0.118. The molecule has 0 radical (unpaired) electrons. The predicted octanol–water partition coefficient (Wildman–Crippen LogP) is 25.9. The number of phenolic OH excluding ortho intramolecular Hbond substituents is 2. The summed E-state index contributed by atoms with van der Waals surface area (Å²) in [7, 11) is 0. The Bertz CT molecular complexity index is 4980. The monoisotopic (exact) mass is 1630 g/mol. The SMILES string of the molecule is C=C(OCCCCBr)/C(=C\C(=C/C)N(Cc1ccccc1)Cc1ccc(C)cc1C)Cc1cc(N(Cc2ccc(C)cc2C)C(C)c2ccc(C)cc2C)cc(Cc2cc(N(Cc3ccccc3)Cc3ccc(C)cc3C)cc(Cc3cc(N(CC4=CC=CCC4)Cc4ccccc4)cc(CC)c3O)c2OCCCCBr)c1O. The maximum atomic E-state index is 14.1. The molecular weight excluding hydrogens is 1520 g/mol. The van der Waals surface area contributed by atoms with Gasteiger partial charge in [0.2, 0.25) is 0 Å². The van der Waals surface area contributed by atoms with E-state index in [-0.39, 0.29) is 11.8 Å². The summed E-state index contributed by atoms with van der Waals surface area (Å²) < 4.78 is 14.3. The summed E-state index contributed by atoms with van der Waals surface area (Å²) in [6.07, 6.45) is 18.3. The maximum Gasteiger partial charge on any atom is 0.126 e. The predicted molar refractivity (Wildman–Crippen MR) is 484 cm³/mol. The van der Waals surface area contributed by atoms with Crippen molar-refractivity contribution in [2.75, 3.05) is 45.1 Å². The second-order valence-corrected chi connectivity index (χ2v) is 32.9. The zero-order valence-electron chi connectivity index (χ0n) is 68.8. The Morgan fingerprint density at radius 2 is 0.956 bits per heavy atom. The lowest BCUT2D eigenvalue weighted by Gasteiger charge is -2.34. The molecule has 113 heavy (non-hydrogen) atoms. The first-order valence-corrected chi connectivity index (χ1v) is 43.0. The summed E-state index contributed by atoms with van der Waals surface area (Å²) in [6.45, 7) is 34.5. The highest BCUT2D eigenvalue weighted by atomic mass is 79.9. The van der Waals surface area contributed by atoms with Gasteiger partial charge in [-0.25, -0.2) is 0 Å². The van der Waals surface area contributed by atoms with Gasteiger partial charge in [0, 0.05) is 132 Å². The Morgan fingerprint density at radius 3 is 1.47 bits per heavy atom. The number of nitrogens with zero attached hydrogens (tertiary/aromatic N) is 4. The number of aryl methyl sites for hydroxylation is 9. The van der Waals surface area contributed by atoms with Crippen molar-refractivity contribution in [1.82, 2.24) is 4.90 Å². The van der Waals surface area contributed by atoms with Gasteiger partial charge in [-0.15, -0.1) is 0 Å². The number of halogens is 2. The van der Waals surface area contributed by atoms with Gasteiger partial charge in [0.15, 0.2) is 0 Å². The van der Waals surface area contributed by atoms with Crippen LogP contribution in [0, 0.1) is 55.4 Å². The molecule has 10 heteroatoms. The van der Waals surface area contributed by atoms with E-state index in [4.69, 9.17) is 16.1 Å². The molecule has 588 valence electrons. The zero-order chi connectivity index (χ0) is 79.9. The Hall–Kier alpha value is -9.74. The van der Waals surface area contributed by atoms with E-state index in [1.54, 1.807) is 0 Å². The molecule has 1 aliphatic carbocycles. The molecule has 1 atom stereocenters. The summed E-state index contributed by atoms with van der Waals surface area (Å²) in [5.74, 6) is 1.82. The lowest BCUT2D eigenvalue weighted by atomic mass is 9.91. The van der Waals surface area contributed by atoms with Gasteiger partial charge in [-0.1, -0.05) is 261 Å². The minimum atomic E-state index is -0.118. The van der Waals surface area contributed by atoms with E-state index in [1.165, 1.54) is 89.0 Å². The van der Waals surface area contributed by atoms with Crippen molar-refractivity contribution < 1.29 is 19.7 Å². The highest BCUT2D eigenvalue weighted by Crippen LogP contribution is 2.44. The topological polar surface area (TPSA) is 71.9 Å². The summed E-state index contributed by atoms with van der Waals surface area (Å²) in [6, 6.07) is 73.0. The van der Waals surface area contributed by atoms with Crippen LogP contribution in [0.3, 0.4) is 0 Å². The van der Waals surface area contributed by atoms with Crippen molar-refractivity contribution in [2.45, 2.75) is 186 Å². The molecule has 0 saturated carbocycles. The number of aromatic hydroxyl groups is 2. The van der Waals surface area contributed by atoms with Crippen LogP contribution in [-0.2, 0) is 69.7 Å². The van der Waals surface area contributed by atoms with Gasteiger partial charge in [-0.3, -0.25) is 0 Å². The maximum absolute atomic E-state index is 14.1. The fraction of sp³-hybridized carbons (Fsp3) is 0.320. The highest BCUT2D eigenvalue weighted by Gasteiger charge is 2.28. The van der Waals surface area contributed by atoms with E-state index in [0.717, 1.165) is 123 Å². The average Bonchev–Trinajstić information content (AvgIpc) is 0.774. The normalized spacial score (nSPS) is 12.6. The van der Waals surface area contributed by atoms with Gasteiger partial charge >= 0.3 is 0 Å². The molecule has 0 amide bonds. The number of ether oxygens (including phenoxy) is 2. The number of hydrogen-bond acceptors (Lipinski definition) is 8. The molecule has 0 aromatic heterocycles. The molecule has 1 unspecified atom stereocenters. The first-order chi connectivity index (χ1) is 54.7. The molecule has 0 heterocycles. The van der Waals surface area contributed by atoms with E-state index >= 15 is 0 Å². The molecule has 0 bridgehead atoms. The van der Waals surface area contributed by atoms with Crippen LogP contribution in [0.4, 0.5) is 17.1 Å². The minimum Gasteiger partial charge on any atom is -0.507 e. The van der Waals surface area contributed by atoms with Gasteiger partial charge in [-0.2, -0.15) is 0 Å². The molecule has 8 nitrogen and oxygen atoms in total. The van der Waals surface area contributed by atoms with Crippen LogP contribution in [0.25, 0.3) is 0 Å². The van der Waals surface area contributed by atoms with Gasteiger partial charge in [0.1, 0.15) is 23.0 Å². The zero-order valence-corrected chi connectivity index (χ0v) is 72.0. The largest absolute Gasteiger partial charge is 0.507 e. The van der Waals surface area contributed by atoms with Crippen LogP contribution < -0.4 is 19.4 Å². The fourth-order valence-electron chi connectivity index (χ4n) is 15.8. The Labute approximate surface area is 693 Å². The number of rotatable bonds is 39. The molecule has 10 aromatic rings. The lowest BCUT2D eigenvalue weighted by molar-refractivity contribution is 0.215. The first kappa shape index (κ1) is 84.2. The second-order valence-electron chi connectivity index (χ2n) is 31.3. The van der Waals surface area contributed by atoms with E-state index in [2.05, 4.69) is 358 Å². The molecular formula is C103H118Br2N4O4. The number of allylic oxidation sites excluding steroid dienone is 6. The Balaban J connectivity index is 1.17. The average molecular weight is 1640 g/mol. The summed E-state index contributed by atoms with van der Waals surface area (Å²) >= 11 is 7.46. The first-order valence-electron chi connectivity index (χ1n) is 40.8. The number of anilines is 3. The van der Waals surface area contributed by atoms with Crippen LogP contribution in [0.15, 0.2) is 260 Å². The van der Waals surface area contributed by atoms with E-state index in [9.17, 15) is 10.2 Å². The molecule has 0 saturated heterocycles. The van der Waals surface area contributed by atoms with Crippen molar-refractivity contribution in [1.29, 1.82) is 0 Å². The lowest BCUT2D eigenvalue weighted by Crippen LogP contribution is -2.27.